The number of nitrogens with zero attached hydrogens (tertiary/aromatic N) is 1. The summed E-state index contributed by atoms with van der Waals surface area (Å²) >= 11 is 1.84. The Hall–Kier alpha value is -1.06. The zero-order chi connectivity index (χ0) is 13.1. The number of hydrogen-bond acceptors (Lipinski definition) is 2. The van der Waals surface area contributed by atoms with Crippen molar-refractivity contribution in [2.45, 2.75) is 45.2 Å². The molecule has 1 aromatic heterocycles. The molecule has 0 saturated heterocycles. The second kappa shape index (κ2) is 5.93. The Balaban J connectivity index is 1.68. The Morgan fingerprint density at radius 2 is 2.16 bits per heavy atom. The first-order chi connectivity index (χ1) is 9.36. The summed E-state index contributed by atoms with van der Waals surface area (Å²) in [6.45, 7) is 4.59. The zero-order valence-corrected chi connectivity index (χ0v) is 12.4. The van der Waals surface area contributed by atoms with Crippen LogP contribution in [0.25, 0.3) is 0 Å². The molecule has 2 nitrogen and oxygen atoms in total. The highest BCUT2D eigenvalue weighted by Crippen LogP contribution is 2.29. The first-order valence-electron chi connectivity index (χ1n) is 7.29. The van der Waals surface area contributed by atoms with Gasteiger partial charge in [-0.15, -0.1) is 0 Å². The summed E-state index contributed by atoms with van der Waals surface area (Å²) in [5.74, 6) is 0. The molecule has 3 heteroatoms. The molecule has 0 spiro atoms. The molecule has 3 rings (SSSR count). The van der Waals surface area contributed by atoms with E-state index in [1.54, 1.807) is 4.88 Å². The van der Waals surface area contributed by atoms with E-state index in [0.717, 1.165) is 12.6 Å². The van der Waals surface area contributed by atoms with Gasteiger partial charge >= 0.3 is 0 Å². The third kappa shape index (κ3) is 2.93. The molecule has 1 heterocycles. The van der Waals surface area contributed by atoms with Crippen LogP contribution in [-0.2, 0) is 19.4 Å². The van der Waals surface area contributed by atoms with Crippen LogP contribution in [0.3, 0.4) is 0 Å². The second-order valence-electron chi connectivity index (χ2n) is 5.46. The van der Waals surface area contributed by atoms with Crippen LogP contribution >= 0.6 is 11.5 Å². The maximum absolute atomic E-state index is 3.37. The number of H-pyrrole nitrogens is 1. The SMILES string of the molecule is CCCN(Cc1ccccc1)[C@H]1CCc2[nH]sc2C1. The minimum atomic E-state index is 0.730. The van der Waals surface area contributed by atoms with Crippen LogP contribution in [0, 0.1) is 0 Å². The molecular formula is C16H22N2S. The zero-order valence-electron chi connectivity index (χ0n) is 11.6. The highest BCUT2D eigenvalue weighted by Gasteiger charge is 2.26. The Labute approximate surface area is 119 Å². The monoisotopic (exact) mass is 274 g/mol. The highest BCUT2D eigenvalue weighted by atomic mass is 32.1. The summed E-state index contributed by atoms with van der Waals surface area (Å²) in [5.41, 5.74) is 2.95. The van der Waals surface area contributed by atoms with Crippen LogP contribution in [-0.4, -0.2) is 21.9 Å². The van der Waals surface area contributed by atoms with Crippen LogP contribution in [0.1, 0.15) is 35.9 Å². The van der Waals surface area contributed by atoms with Crippen molar-refractivity contribution >= 4 is 11.5 Å². The van der Waals surface area contributed by atoms with Gasteiger partial charge in [0.15, 0.2) is 0 Å². The van der Waals surface area contributed by atoms with Crippen molar-refractivity contribution in [3.05, 3.63) is 46.5 Å². The lowest BCUT2D eigenvalue weighted by Gasteiger charge is -2.35. The van der Waals surface area contributed by atoms with Crippen LogP contribution in [0.4, 0.5) is 0 Å². The van der Waals surface area contributed by atoms with E-state index < -0.39 is 0 Å². The number of aryl methyl sites for hydroxylation is 1. The molecule has 1 aliphatic carbocycles. The number of aromatic amines is 1. The van der Waals surface area contributed by atoms with Crippen molar-refractivity contribution in [1.29, 1.82) is 0 Å². The number of aromatic nitrogens is 1. The van der Waals surface area contributed by atoms with E-state index in [-0.39, 0.29) is 0 Å². The van der Waals surface area contributed by atoms with Gasteiger partial charge in [0.2, 0.25) is 0 Å². The number of hydrogen-bond donors (Lipinski definition) is 1. The molecule has 0 aliphatic heterocycles. The van der Waals surface area contributed by atoms with Gasteiger partial charge in [0, 0.05) is 29.6 Å². The molecule has 19 heavy (non-hydrogen) atoms. The topological polar surface area (TPSA) is 19.0 Å². The standard InChI is InChI=1S/C16H22N2S/c1-2-10-18(12-13-6-4-3-5-7-13)14-8-9-15-16(11-14)19-17-15/h3-7,14,17H,2,8-12H2,1H3/t14-/m0/s1. The van der Waals surface area contributed by atoms with Gasteiger partial charge in [-0.25, -0.2) is 0 Å². The maximum atomic E-state index is 3.37. The van der Waals surface area contributed by atoms with Crippen LogP contribution in [0.15, 0.2) is 30.3 Å². The molecule has 102 valence electrons. The minimum absolute atomic E-state index is 0.730. The van der Waals surface area contributed by atoms with E-state index in [1.807, 2.05) is 11.5 Å². The van der Waals surface area contributed by atoms with Gasteiger partial charge in [0.25, 0.3) is 0 Å². The van der Waals surface area contributed by atoms with Crippen LogP contribution < -0.4 is 0 Å². The van der Waals surface area contributed by atoms with Gasteiger partial charge in [0.1, 0.15) is 0 Å². The quantitative estimate of drug-likeness (QED) is 0.877. The second-order valence-corrected chi connectivity index (χ2v) is 6.36. The van der Waals surface area contributed by atoms with Crippen molar-refractivity contribution in [3.63, 3.8) is 0 Å². The Morgan fingerprint density at radius 3 is 2.79 bits per heavy atom. The molecule has 1 aromatic carbocycles. The molecule has 0 saturated carbocycles. The third-order valence-electron chi connectivity index (χ3n) is 4.04. The first kappa shape index (κ1) is 12.9. The normalized spacial score (nSPS) is 18.7. The lowest BCUT2D eigenvalue weighted by Crippen LogP contribution is -2.39. The fourth-order valence-corrected chi connectivity index (χ4v) is 3.86. The van der Waals surface area contributed by atoms with E-state index in [0.29, 0.717) is 0 Å². The average molecular weight is 274 g/mol. The molecular weight excluding hydrogens is 252 g/mol. The lowest BCUT2D eigenvalue weighted by molar-refractivity contribution is 0.171. The maximum Gasteiger partial charge on any atom is 0.0432 e. The highest BCUT2D eigenvalue weighted by molar-refractivity contribution is 7.07. The lowest BCUT2D eigenvalue weighted by atomic mass is 9.95. The minimum Gasteiger partial charge on any atom is -0.314 e. The fraction of sp³-hybridized carbons (Fsp3) is 0.500. The van der Waals surface area contributed by atoms with E-state index in [9.17, 15) is 0 Å². The molecule has 1 atom stereocenters. The molecule has 2 aromatic rings. The molecule has 0 radical (unpaired) electrons. The van der Waals surface area contributed by atoms with Crippen molar-refractivity contribution < 1.29 is 0 Å². The van der Waals surface area contributed by atoms with Gasteiger partial charge in [-0.1, -0.05) is 48.8 Å². The summed E-state index contributed by atoms with van der Waals surface area (Å²) in [6.07, 6.45) is 5.03. The van der Waals surface area contributed by atoms with Crippen molar-refractivity contribution in [2.75, 3.05) is 6.54 Å². The molecule has 0 bridgehead atoms. The Kier molecular flexibility index (Phi) is 4.04. The van der Waals surface area contributed by atoms with Gasteiger partial charge < -0.3 is 4.37 Å². The summed E-state index contributed by atoms with van der Waals surface area (Å²) in [5, 5.41) is 0. The smallest absolute Gasteiger partial charge is 0.0432 e. The van der Waals surface area contributed by atoms with Gasteiger partial charge in [0.05, 0.1) is 0 Å². The number of rotatable bonds is 5. The van der Waals surface area contributed by atoms with Gasteiger partial charge in [-0.2, -0.15) is 0 Å². The predicted octanol–water partition coefficient (Wildman–Crippen LogP) is 3.85. The summed E-state index contributed by atoms with van der Waals surface area (Å²) in [4.78, 5) is 4.28. The average Bonchev–Trinajstić information content (AvgIpc) is 2.41. The molecule has 0 fully saturated rings. The number of fused-ring (bicyclic) bond motifs is 1. The summed E-state index contributed by atoms with van der Waals surface area (Å²) < 4.78 is 3.37. The molecule has 1 aliphatic rings. The summed E-state index contributed by atoms with van der Waals surface area (Å²) in [7, 11) is 0. The van der Waals surface area contributed by atoms with E-state index in [4.69, 9.17) is 0 Å². The molecule has 0 amide bonds. The van der Waals surface area contributed by atoms with Crippen LogP contribution in [0.2, 0.25) is 0 Å². The Bertz CT molecular complexity index is 500. The summed E-state index contributed by atoms with van der Waals surface area (Å²) in [6, 6.07) is 11.6. The fourth-order valence-electron chi connectivity index (χ4n) is 2.99. The van der Waals surface area contributed by atoms with Gasteiger partial charge in [-0.3, -0.25) is 4.90 Å². The molecule has 1 N–H and O–H groups in total. The predicted molar refractivity (Wildman–Crippen MR) is 81.6 cm³/mol. The third-order valence-corrected chi connectivity index (χ3v) is 5.05. The van der Waals surface area contributed by atoms with E-state index in [1.165, 1.54) is 43.5 Å². The van der Waals surface area contributed by atoms with E-state index in [2.05, 4.69) is 46.5 Å². The van der Waals surface area contributed by atoms with E-state index >= 15 is 0 Å². The van der Waals surface area contributed by atoms with Crippen molar-refractivity contribution in [3.8, 4) is 0 Å². The number of nitrogens with one attached hydrogen (secondary N) is 1. The largest absolute Gasteiger partial charge is 0.314 e. The first-order valence-corrected chi connectivity index (χ1v) is 8.11. The Morgan fingerprint density at radius 1 is 1.32 bits per heavy atom. The molecule has 0 unspecified atom stereocenters. The number of benzene rings is 1. The van der Waals surface area contributed by atoms with Gasteiger partial charge in [-0.05, 0) is 31.4 Å². The van der Waals surface area contributed by atoms with Crippen LogP contribution in [0.5, 0.6) is 0 Å². The van der Waals surface area contributed by atoms with Crippen molar-refractivity contribution in [1.82, 2.24) is 9.27 Å². The van der Waals surface area contributed by atoms with Crippen molar-refractivity contribution in [2.24, 2.45) is 0 Å².